The smallest absolute Gasteiger partial charge is 0.245 e. The monoisotopic (exact) mass is 292 g/mol. The van der Waals surface area contributed by atoms with Crippen molar-refractivity contribution >= 4 is 23.4 Å². The first-order valence-electron chi connectivity index (χ1n) is 6.98. The molecule has 0 spiro atoms. The van der Waals surface area contributed by atoms with Crippen molar-refractivity contribution in [3.63, 3.8) is 0 Å². The van der Waals surface area contributed by atoms with Crippen molar-refractivity contribution in [3.05, 3.63) is 23.8 Å². The number of carbonyl (C=O) groups excluding carboxylic acids is 1. The topological polar surface area (TPSA) is 41.6 Å². The molecule has 0 radical (unpaired) electrons. The maximum atomic E-state index is 12.7. The summed E-state index contributed by atoms with van der Waals surface area (Å²) in [4.78, 5) is 14.6. The highest BCUT2D eigenvalue weighted by Gasteiger charge is 2.32. The molecule has 1 fully saturated rings. The van der Waals surface area contributed by atoms with Crippen LogP contribution in [-0.2, 0) is 11.2 Å². The Bertz CT molecular complexity index is 515. The van der Waals surface area contributed by atoms with Crippen LogP contribution in [0, 0.1) is 5.92 Å². The molecular weight excluding hydrogens is 272 g/mol. The third kappa shape index (κ3) is 2.52. The Kier molecular flexibility index (Phi) is 3.89. The first-order valence-corrected chi connectivity index (χ1v) is 8.14. The molecule has 0 aromatic heterocycles. The average Bonchev–Trinajstić information content (AvgIpc) is 2.99. The van der Waals surface area contributed by atoms with Gasteiger partial charge in [-0.05, 0) is 36.1 Å². The zero-order chi connectivity index (χ0) is 14.1. The molecule has 0 saturated carbocycles. The number of anilines is 1. The summed E-state index contributed by atoms with van der Waals surface area (Å²) >= 11 is 1.78. The molecule has 2 aliphatic rings. The second kappa shape index (κ2) is 5.66. The van der Waals surface area contributed by atoms with E-state index < -0.39 is 0 Å². The summed E-state index contributed by atoms with van der Waals surface area (Å²) in [5, 5.41) is 3.27. The summed E-state index contributed by atoms with van der Waals surface area (Å²) in [6.45, 7) is 3.00. The van der Waals surface area contributed by atoms with Gasteiger partial charge in [0.25, 0.3) is 0 Å². The highest BCUT2D eigenvalue weighted by atomic mass is 32.2. The third-order valence-corrected chi connectivity index (χ3v) is 4.86. The van der Waals surface area contributed by atoms with E-state index in [-0.39, 0.29) is 11.9 Å². The van der Waals surface area contributed by atoms with Gasteiger partial charge in [-0.3, -0.25) is 10.1 Å². The van der Waals surface area contributed by atoms with E-state index in [1.807, 2.05) is 17.0 Å². The molecule has 1 saturated heterocycles. The van der Waals surface area contributed by atoms with Crippen molar-refractivity contribution in [1.29, 1.82) is 0 Å². The first-order chi connectivity index (χ1) is 9.69. The second-order valence-electron chi connectivity index (χ2n) is 5.52. The number of carbonyl (C=O) groups is 1. The standard InChI is InChI=1S/C15H20N2O2S/c1-10-5-11-6-12(19-2)3-4-14(11)17(7-10)15(18)13-8-20-9-16-13/h3-4,6,10,13,16H,5,7-9H2,1-2H3. The Labute approximate surface area is 123 Å². The Hall–Kier alpha value is -1.20. The van der Waals surface area contributed by atoms with E-state index in [9.17, 15) is 4.79 Å². The Morgan fingerprint density at radius 3 is 3.05 bits per heavy atom. The van der Waals surface area contributed by atoms with Crippen LogP contribution < -0.4 is 15.0 Å². The summed E-state index contributed by atoms with van der Waals surface area (Å²) < 4.78 is 5.29. The maximum absolute atomic E-state index is 12.7. The fourth-order valence-electron chi connectivity index (χ4n) is 2.92. The minimum absolute atomic E-state index is 0.0414. The highest BCUT2D eigenvalue weighted by Crippen LogP contribution is 2.33. The number of fused-ring (bicyclic) bond motifs is 1. The zero-order valence-corrected chi connectivity index (χ0v) is 12.7. The van der Waals surface area contributed by atoms with Gasteiger partial charge >= 0.3 is 0 Å². The van der Waals surface area contributed by atoms with Crippen molar-refractivity contribution in [2.45, 2.75) is 19.4 Å². The Morgan fingerprint density at radius 1 is 1.50 bits per heavy atom. The summed E-state index contributed by atoms with van der Waals surface area (Å²) in [6.07, 6.45) is 1.00. The molecule has 0 aliphatic carbocycles. The molecule has 2 unspecified atom stereocenters. The number of amides is 1. The molecule has 108 valence electrons. The van der Waals surface area contributed by atoms with Crippen molar-refractivity contribution < 1.29 is 9.53 Å². The van der Waals surface area contributed by atoms with Gasteiger partial charge in [0.05, 0.1) is 13.2 Å². The van der Waals surface area contributed by atoms with Gasteiger partial charge in [0.2, 0.25) is 5.91 Å². The highest BCUT2D eigenvalue weighted by molar-refractivity contribution is 7.99. The molecule has 5 heteroatoms. The molecular formula is C15H20N2O2S. The molecule has 3 rings (SSSR count). The average molecular weight is 292 g/mol. The van der Waals surface area contributed by atoms with E-state index in [0.29, 0.717) is 5.92 Å². The number of ether oxygens (including phenoxy) is 1. The van der Waals surface area contributed by atoms with E-state index in [2.05, 4.69) is 18.3 Å². The van der Waals surface area contributed by atoms with Gasteiger partial charge in [-0.2, -0.15) is 0 Å². The molecule has 1 aromatic rings. The first kappa shape index (κ1) is 13.8. The minimum atomic E-state index is -0.0414. The lowest BCUT2D eigenvalue weighted by molar-refractivity contribution is -0.120. The maximum Gasteiger partial charge on any atom is 0.245 e. The van der Waals surface area contributed by atoms with E-state index >= 15 is 0 Å². The normalized spacial score (nSPS) is 25.4. The van der Waals surface area contributed by atoms with Gasteiger partial charge in [-0.1, -0.05) is 6.92 Å². The molecule has 20 heavy (non-hydrogen) atoms. The van der Waals surface area contributed by atoms with Crippen molar-refractivity contribution in [1.82, 2.24) is 5.32 Å². The Balaban J connectivity index is 1.91. The fourth-order valence-corrected chi connectivity index (χ4v) is 3.85. The van der Waals surface area contributed by atoms with E-state index in [4.69, 9.17) is 4.74 Å². The summed E-state index contributed by atoms with van der Waals surface area (Å²) in [7, 11) is 1.68. The lowest BCUT2D eigenvalue weighted by atomic mass is 9.93. The minimum Gasteiger partial charge on any atom is -0.497 e. The van der Waals surface area contributed by atoms with Crippen LogP contribution in [0.4, 0.5) is 5.69 Å². The summed E-state index contributed by atoms with van der Waals surface area (Å²) in [6, 6.07) is 5.97. The van der Waals surface area contributed by atoms with Crippen LogP contribution in [0.5, 0.6) is 5.75 Å². The molecule has 1 aromatic carbocycles. The van der Waals surface area contributed by atoms with E-state index in [1.165, 1.54) is 5.56 Å². The largest absolute Gasteiger partial charge is 0.497 e. The third-order valence-electron chi connectivity index (χ3n) is 3.92. The van der Waals surface area contributed by atoms with Gasteiger partial charge in [-0.25, -0.2) is 0 Å². The number of nitrogens with one attached hydrogen (secondary N) is 1. The van der Waals surface area contributed by atoms with E-state index in [1.54, 1.807) is 18.9 Å². The molecule has 1 N–H and O–H groups in total. The van der Waals surface area contributed by atoms with Crippen LogP contribution in [0.3, 0.4) is 0 Å². The van der Waals surface area contributed by atoms with Crippen LogP contribution in [0.15, 0.2) is 18.2 Å². The lowest BCUT2D eigenvalue weighted by Crippen LogP contribution is -2.48. The molecule has 2 aliphatic heterocycles. The number of methoxy groups -OCH3 is 1. The van der Waals surface area contributed by atoms with Gasteiger partial charge in [0.1, 0.15) is 5.75 Å². The van der Waals surface area contributed by atoms with Gasteiger partial charge in [0.15, 0.2) is 0 Å². The molecule has 1 amide bonds. The van der Waals surface area contributed by atoms with Crippen molar-refractivity contribution in [2.24, 2.45) is 5.92 Å². The fraction of sp³-hybridized carbons (Fsp3) is 0.533. The number of thioether (sulfide) groups is 1. The SMILES string of the molecule is COc1ccc2c(c1)CC(C)CN2C(=O)C1CSCN1. The molecule has 2 atom stereocenters. The van der Waals surface area contributed by atoms with Crippen LogP contribution in [0.2, 0.25) is 0 Å². The van der Waals surface area contributed by atoms with Gasteiger partial charge in [-0.15, -0.1) is 11.8 Å². The Morgan fingerprint density at radius 2 is 2.35 bits per heavy atom. The zero-order valence-electron chi connectivity index (χ0n) is 11.9. The lowest BCUT2D eigenvalue weighted by Gasteiger charge is -2.34. The number of benzene rings is 1. The quantitative estimate of drug-likeness (QED) is 0.904. The van der Waals surface area contributed by atoms with Crippen LogP contribution >= 0.6 is 11.8 Å². The molecule has 0 bridgehead atoms. The predicted octanol–water partition coefficient (Wildman–Crippen LogP) is 1.88. The molecule has 4 nitrogen and oxygen atoms in total. The van der Waals surface area contributed by atoms with Crippen LogP contribution in [-0.4, -0.2) is 37.2 Å². The number of hydrogen-bond donors (Lipinski definition) is 1. The van der Waals surface area contributed by atoms with Gasteiger partial charge < -0.3 is 9.64 Å². The van der Waals surface area contributed by atoms with Crippen molar-refractivity contribution in [2.75, 3.05) is 30.2 Å². The van der Waals surface area contributed by atoms with Gasteiger partial charge in [0, 0.05) is 23.9 Å². The van der Waals surface area contributed by atoms with Crippen molar-refractivity contribution in [3.8, 4) is 5.75 Å². The number of rotatable bonds is 2. The summed E-state index contributed by atoms with van der Waals surface area (Å²) in [5.74, 6) is 3.28. The summed E-state index contributed by atoms with van der Waals surface area (Å²) in [5.41, 5.74) is 2.26. The van der Waals surface area contributed by atoms with Crippen LogP contribution in [0.1, 0.15) is 12.5 Å². The number of nitrogens with zero attached hydrogens (tertiary/aromatic N) is 1. The second-order valence-corrected chi connectivity index (χ2v) is 6.55. The van der Waals surface area contributed by atoms with E-state index in [0.717, 1.165) is 36.0 Å². The van der Waals surface area contributed by atoms with Crippen LogP contribution in [0.25, 0.3) is 0 Å². The predicted molar refractivity (Wildman–Crippen MR) is 82.5 cm³/mol. The number of hydrogen-bond acceptors (Lipinski definition) is 4. The molecule has 2 heterocycles.